The van der Waals surface area contributed by atoms with Crippen molar-refractivity contribution in [1.82, 2.24) is 0 Å². The van der Waals surface area contributed by atoms with Crippen LogP contribution in [0.5, 0.6) is 0 Å². The maximum atomic E-state index is 13.9. The lowest BCUT2D eigenvalue weighted by Crippen LogP contribution is -2.38. The van der Waals surface area contributed by atoms with Gasteiger partial charge in [0.05, 0.1) is 23.8 Å². The van der Waals surface area contributed by atoms with Crippen molar-refractivity contribution >= 4 is 40.6 Å². The lowest BCUT2D eigenvalue weighted by Gasteiger charge is -2.35. The van der Waals surface area contributed by atoms with Gasteiger partial charge in [-0.25, -0.2) is 0 Å². The molecule has 2 atom stereocenters. The molecule has 7 heteroatoms. The Balaban J connectivity index is 1.69. The van der Waals surface area contributed by atoms with Gasteiger partial charge in [0.1, 0.15) is 0 Å². The highest BCUT2D eigenvalue weighted by Crippen LogP contribution is 2.48. The molecule has 0 spiro atoms. The Morgan fingerprint density at radius 2 is 1.68 bits per heavy atom. The number of anilines is 2. The smallest absolute Gasteiger partial charge is 0.303 e. The molecule has 1 heterocycles. The van der Waals surface area contributed by atoms with E-state index in [0.717, 1.165) is 16.8 Å². The Kier molecular flexibility index (Phi) is 6.85. The number of carboxylic acid groups (broad SMARTS) is 1. The molecule has 1 aliphatic carbocycles. The van der Waals surface area contributed by atoms with E-state index >= 15 is 0 Å². The van der Waals surface area contributed by atoms with Gasteiger partial charge in [-0.1, -0.05) is 71.8 Å². The number of halogens is 1. The highest BCUT2D eigenvalue weighted by Gasteiger charge is 2.42. The van der Waals surface area contributed by atoms with Crippen LogP contribution >= 0.6 is 11.6 Å². The van der Waals surface area contributed by atoms with E-state index in [1.807, 2.05) is 43.3 Å². The molecule has 6 nitrogen and oxygen atoms in total. The van der Waals surface area contributed by atoms with Crippen molar-refractivity contribution in [2.75, 3.05) is 10.2 Å². The topological polar surface area (TPSA) is 86.7 Å². The van der Waals surface area contributed by atoms with Gasteiger partial charge in [-0.15, -0.1) is 0 Å². The monoisotopic (exact) mass is 514 g/mol. The van der Waals surface area contributed by atoms with Crippen molar-refractivity contribution in [2.24, 2.45) is 0 Å². The van der Waals surface area contributed by atoms with Crippen LogP contribution in [0.3, 0.4) is 0 Å². The Morgan fingerprint density at radius 1 is 0.973 bits per heavy atom. The molecule has 2 N–H and O–H groups in total. The second kappa shape index (κ2) is 10.2. The summed E-state index contributed by atoms with van der Waals surface area (Å²) >= 11 is 6.67. The van der Waals surface area contributed by atoms with Crippen molar-refractivity contribution in [2.45, 2.75) is 44.6 Å². The van der Waals surface area contributed by atoms with Gasteiger partial charge in [-0.3, -0.25) is 19.3 Å². The van der Waals surface area contributed by atoms with Crippen LogP contribution in [-0.4, -0.2) is 22.8 Å². The molecule has 0 unspecified atom stereocenters. The Labute approximate surface area is 220 Å². The molecular formula is C30H27ClN2O4. The number of carboxylic acids is 1. The van der Waals surface area contributed by atoms with Gasteiger partial charge < -0.3 is 10.4 Å². The zero-order chi connectivity index (χ0) is 26.1. The number of hydrogen-bond acceptors (Lipinski definition) is 4. The first-order valence-electron chi connectivity index (χ1n) is 12.3. The van der Waals surface area contributed by atoms with E-state index in [0.29, 0.717) is 40.4 Å². The van der Waals surface area contributed by atoms with Crippen molar-refractivity contribution in [3.8, 4) is 0 Å². The largest absolute Gasteiger partial charge is 0.481 e. The highest BCUT2D eigenvalue weighted by atomic mass is 35.5. The van der Waals surface area contributed by atoms with E-state index in [9.17, 15) is 19.5 Å². The predicted molar refractivity (Wildman–Crippen MR) is 144 cm³/mol. The number of amides is 1. The van der Waals surface area contributed by atoms with Crippen molar-refractivity contribution in [3.05, 3.63) is 106 Å². The standard InChI is InChI=1S/C30H27ClN2O4/c1-18-10-12-19(13-11-18)20-16-24-29(26(34)17-20)30(21-6-2-3-7-22(21)31)33(27(35)14-15-28(36)37)25-9-5-4-8-23(25)32-24/h2-13,20,30,32H,14-17H2,1H3,(H,36,37)/t20-,30+/m0/s1. The normalized spacial score (nSPS) is 19.0. The van der Waals surface area contributed by atoms with E-state index in [4.69, 9.17) is 11.6 Å². The summed E-state index contributed by atoms with van der Waals surface area (Å²) in [6.07, 6.45) is 0.386. The number of Topliss-reactive ketones (excluding diaryl/α,β-unsaturated/α-hetero) is 1. The molecule has 0 saturated heterocycles. The van der Waals surface area contributed by atoms with Gasteiger partial charge in [0.2, 0.25) is 5.91 Å². The molecular weight excluding hydrogens is 488 g/mol. The summed E-state index contributed by atoms with van der Waals surface area (Å²) in [6, 6.07) is 22.0. The van der Waals surface area contributed by atoms with Crippen molar-refractivity contribution in [1.29, 1.82) is 0 Å². The summed E-state index contributed by atoms with van der Waals surface area (Å²) in [4.78, 5) is 40.5. The third-order valence-electron chi connectivity index (χ3n) is 7.06. The van der Waals surface area contributed by atoms with Crippen molar-refractivity contribution < 1.29 is 19.5 Å². The molecule has 3 aromatic rings. The molecule has 0 fully saturated rings. The third kappa shape index (κ3) is 4.89. The molecule has 5 rings (SSSR count). The number of benzene rings is 3. The average Bonchev–Trinajstić information content (AvgIpc) is 3.02. The number of hydrogen-bond donors (Lipinski definition) is 2. The number of para-hydroxylation sites is 2. The SMILES string of the molecule is Cc1ccc([C@@H]2CC(=O)C3=C(C2)Nc2ccccc2N(C(=O)CCC(=O)O)[C@@H]3c2ccccc2Cl)cc1. The number of allylic oxidation sites excluding steroid dienone is 1. The molecule has 1 aliphatic heterocycles. The van der Waals surface area contributed by atoms with Crippen LogP contribution < -0.4 is 10.2 Å². The number of carbonyl (C=O) groups excluding carboxylic acids is 2. The molecule has 0 aromatic heterocycles. The zero-order valence-electron chi connectivity index (χ0n) is 20.4. The first-order valence-corrected chi connectivity index (χ1v) is 12.7. The fourth-order valence-corrected chi connectivity index (χ4v) is 5.50. The maximum Gasteiger partial charge on any atom is 0.303 e. The quantitative estimate of drug-likeness (QED) is 0.410. The summed E-state index contributed by atoms with van der Waals surface area (Å²) in [7, 11) is 0. The molecule has 188 valence electrons. The van der Waals surface area contributed by atoms with E-state index in [1.54, 1.807) is 17.0 Å². The minimum atomic E-state index is -1.06. The number of nitrogens with zero attached hydrogens (tertiary/aromatic N) is 1. The average molecular weight is 515 g/mol. The minimum absolute atomic E-state index is 0.00679. The highest BCUT2D eigenvalue weighted by molar-refractivity contribution is 6.31. The summed E-state index contributed by atoms with van der Waals surface area (Å²) in [5.41, 5.74) is 5.39. The third-order valence-corrected chi connectivity index (χ3v) is 7.40. The van der Waals surface area contributed by atoms with Gasteiger partial charge in [-0.2, -0.15) is 0 Å². The number of ketones is 1. The lowest BCUT2D eigenvalue weighted by molar-refractivity contribution is -0.138. The van der Waals surface area contributed by atoms with Crippen LogP contribution in [0.15, 0.2) is 84.1 Å². The molecule has 0 bridgehead atoms. The Hall–Kier alpha value is -3.90. The van der Waals surface area contributed by atoms with Gasteiger partial charge in [0.15, 0.2) is 5.78 Å². The Morgan fingerprint density at radius 3 is 2.41 bits per heavy atom. The van der Waals surface area contributed by atoms with Gasteiger partial charge in [-0.05, 0) is 48.6 Å². The van der Waals surface area contributed by atoms with Crippen LogP contribution in [0.25, 0.3) is 0 Å². The molecule has 2 aliphatic rings. The second-order valence-electron chi connectivity index (χ2n) is 9.55. The number of carbonyl (C=O) groups is 3. The lowest BCUT2D eigenvalue weighted by atomic mass is 9.78. The number of fused-ring (bicyclic) bond motifs is 1. The van der Waals surface area contributed by atoms with Gasteiger partial charge >= 0.3 is 5.97 Å². The molecule has 3 aromatic carbocycles. The van der Waals surface area contributed by atoms with Crippen LogP contribution in [0, 0.1) is 6.92 Å². The fraction of sp³-hybridized carbons (Fsp3) is 0.233. The molecule has 0 saturated carbocycles. The van der Waals surface area contributed by atoms with E-state index < -0.39 is 12.0 Å². The van der Waals surface area contributed by atoms with Crippen LogP contribution in [0.1, 0.15) is 54.3 Å². The van der Waals surface area contributed by atoms with Crippen LogP contribution in [-0.2, 0) is 14.4 Å². The molecule has 0 radical (unpaired) electrons. The minimum Gasteiger partial charge on any atom is -0.481 e. The number of aryl methyl sites for hydroxylation is 1. The second-order valence-corrected chi connectivity index (χ2v) is 9.96. The summed E-state index contributed by atoms with van der Waals surface area (Å²) in [5, 5.41) is 13.2. The van der Waals surface area contributed by atoms with E-state index in [-0.39, 0.29) is 30.4 Å². The first kappa shape index (κ1) is 24.8. The number of aliphatic carboxylic acids is 1. The summed E-state index contributed by atoms with van der Waals surface area (Å²) < 4.78 is 0. The zero-order valence-corrected chi connectivity index (χ0v) is 21.2. The summed E-state index contributed by atoms with van der Waals surface area (Å²) in [6.45, 7) is 2.03. The Bertz CT molecular complexity index is 1410. The van der Waals surface area contributed by atoms with E-state index in [1.165, 1.54) is 0 Å². The molecule has 37 heavy (non-hydrogen) atoms. The molecule has 1 amide bonds. The maximum absolute atomic E-state index is 13.9. The van der Waals surface area contributed by atoms with E-state index in [2.05, 4.69) is 29.6 Å². The van der Waals surface area contributed by atoms with Gasteiger partial charge in [0, 0.05) is 29.1 Å². The number of nitrogens with one attached hydrogen (secondary N) is 1. The van der Waals surface area contributed by atoms with Crippen LogP contribution in [0.2, 0.25) is 5.02 Å². The predicted octanol–water partition coefficient (Wildman–Crippen LogP) is 6.41. The fourth-order valence-electron chi connectivity index (χ4n) is 5.27. The summed E-state index contributed by atoms with van der Waals surface area (Å²) in [5.74, 6) is -1.51. The number of rotatable bonds is 5. The van der Waals surface area contributed by atoms with Crippen molar-refractivity contribution in [3.63, 3.8) is 0 Å². The van der Waals surface area contributed by atoms with Gasteiger partial charge in [0.25, 0.3) is 0 Å². The van der Waals surface area contributed by atoms with Crippen LogP contribution in [0.4, 0.5) is 11.4 Å². The first-order chi connectivity index (χ1) is 17.8.